The third kappa shape index (κ3) is 2.51. The van der Waals surface area contributed by atoms with Crippen LogP contribution in [0.3, 0.4) is 0 Å². The van der Waals surface area contributed by atoms with Gasteiger partial charge in [0.05, 0.1) is 11.5 Å². The summed E-state index contributed by atoms with van der Waals surface area (Å²) in [5.74, 6) is 0.118. The highest BCUT2D eigenvalue weighted by Gasteiger charge is 2.14. The lowest BCUT2D eigenvalue weighted by atomic mass is 10.2. The van der Waals surface area contributed by atoms with Crippen LogP contribution < -0.4 is 0 Å². The van der Waals surface area contributed by atoms with Crippen LogP contribution in [-0.2, 0) is 0 Å². The first kappa shape index (κ1) is 11.8. The molecule has 0 N–H and O–H groups in total. The molecule has 0 bridgehead atoms. The third-order valence-corrected chi connectivity index (χ3v) is 5.84. The fraction of sp³-hybridized carbons (Fsp3) is 0.100. The van der Waals surface area contributed by atoms with Gasteiger partial charge in [-0.3, -0.25) is 4.79 Å². The van der Waals surface area contributed by atoms with Crippen LogP contribution >= 0.6 is 61.2 Å². The van der Waals surface area contributed by atoms with Gasteiger partial charge in [-0.2, -0.15) is 0 Å². The number of carbonyl (C=O) groups is 1. The molecule has 2 aromatic heterocycles. The van der Waals surface area contributed by atoms with Crippen LogP contribution in [-0.4, -0.2) is 5.78 Å². The second-order valence-corrected chi connectivity index (χ2v) is 8.21. The van der Waals surface area contributed by atoms with Crippen molar-refractivity contribution in [1.82, 2.24) is 0 Å². The number of carbonyl (C=O) groups excluding carboxylic acids is 1. The van der Waals surface area contributed by atoms with E-state index < -0.39 is 0 Å². The van der Waals surface area contributed by atoms with E-state index in [0.29, 0.717) is 0 Å². The van der Waals surface area contributed by atoms with E-state index >= 15 is 0 Å². The molecular formula is C10H6BrIOS2. The second-order valence-electron chi connectivity index (χ2n) is 3.04. The summed E-state index contributed by atoms with van der Waals surface area (Å²) in [5, 5.41) is 1.91. The average molecular weight is 413 g/mol. The summed E-state index contributed by atoms with van der Waals surface area (Å²) in [6.07, 6.45) is 0. The number of ketones is 1. The molecule has 0 aromatic carbocycles. The highest BCUT2D eigenvalue weighted by Crippen LogP contribution is 2.30. The molecule has 2 rings (SSSR count). The number of aryl methyl sites for hydroxylation is 1. The molecule has 2 heterocycles. The molecule has 0 atom stereocenters. The Morgan fingerprint density at radius 3 is 2.67 bits per heavy atom. The Hall–Kier alpha value is 0.280. The second kappa shape index (κ2) is 4.65. The van der Waals surface area contributed by atoms with Gasteiger partial charge in [0.25, 0.3) is 0 Å². The number of hydrogen-bond donors (Lipinski definition) is 0. The molecule has 0 unspecified atom stereocenters. The van der Waals surface area contributed by atoms with Gasteiger partial charge in [0, 0.05) is 10.9 Å². The Bertz CT molecular complexity index is 496. The molecule has 15 heavy (non-hydrogen) atoms. The van der Waals surface area contributed by atoms with Crippen LogP contribution in [0.4, 0.5) is 0 Å². The number of hydrogen-bond acceptors (Lipinski definition) is 3. The van der Waals surface area contributed by atoms with Crippen LogP contribution in [0.2, 0.25) is 0 Å². The van der Waals surface area contributed by atoms with Gasteiger partial charge in [-0.25, -0.2) is 0 Å². The minimum Gasteiger partial charge on any atom is -0.288 e. The van der Waals surface area contributed by atoms with E-state index in [-0.39, 0.29) is 5.78 Å². The van der Waals surface area contributed by atoms with Crippen molar-refractivity contribution in [2.24, 2.45) is 0 Å². The minimum absolute atomic E-state index is 0.118. The summed E-state index contributed by atoms with van der Waals surface area (Å²) < 4.78 is 2.18. The molecular weight excluding hydrogens is 407 g/mol. The highest BCUT2D eigenvalue weighted by molar-refractivity contribution is 14.1. The minimum atomic E-state index is 0.118. The Morgan fingerprint density at radius 1 is 1.47 bits per heavy atom. The van der Waals surface area contributed by atoms with Crippen molar-refractivity contribution in [2.45, 2.75) is 6.92 Å². The molecule has 2 aromatic rings. The van der Waals surface area contributed by atoms with E-state index in [0.717, 1.165) is 22.7 Å². The summed E-state index contributed by atoms with van der Waals surface area (Å²) in [6, 6.07) is 3.86. The van der Waals surface area contributed by atoms with Crippen molar-refractivity contribution < 1.29 is 4.79 Å². The summed E-state index contributed by atoms with van der Waals surface area (Å²) in [7, 11) is 0. The van der Waals surface area contributed by atoms with Crippen LogP contribution in [0.1, 0.15) is 20.8 Å². The van der Waals surface area contributed by atoms with Crippen molar-refractivity contribution in [1.29, 1.82) is 0 Å². The zero-order valence-electron chi connectivity index (χ0n) is 7.71. The molecule has 0 saturated carbocycles. The van der Waals surface area contributed by atoms with Gasteiger partial charge < -0.3 is 0 Å². The van der Waals surface area contributed by atoms with E-state index in [9.17, 15) is 4.79 Å². The zero-order chi connectivity index (χ0) is 11.0. The van der Waals surface area contributed by atoms with E-state index in [1.54, 1.807) is 11.3 Å². The topological polar surface area (TPSA) is 17.1 Å². The first-order valence-electron chi connectivity index (χ1n) is 4.12. The summed E-state index contributed by atoms with van der Waals surface area (Å²) in [5.41, 5.74) is 1.91. The summed E-state index contributed by atoms with van der Waals surface area (Å²) in [4.78, 5) is 12.8. The lowest BCUT2D eigenvalue weighted by Crippen LogP contribution is -1.95. The highest BCUT2D eigenvalue weighted by atomic mass is 127. The van der Waals surface area contributed by atoms with Gasteiger partial charge in [-0.15, -0.1) is 22.7 Å². The standard InChI is InChI=1S/C10H6BrIOS2/c1-5-2-7(15-10(5)11)9(13)6-3-8(12)14-4-6/h2-4H,1H3. The molecule has 1 nitrogen and oxygen atoms in total. The van der Waals surface area contributed by atoms with Crippen molar-refractivity contribution in [3.8, 4) is 0 Å². The van der Waals surface area contributed by atoms with Gasteiger partial charge in [0.15, 0.2) is 0 Å². The monoisotopic (exact) mass is 412 g/mol. The lowest BCUT2D eigenvalue weighted by molar-refractivity contribution is 0.104. The summed E-state index contributed by atoms with van der Waals surface area (Å²) in [6.45, 7) is 1.99. The maximum Gasteiger partial charge on any atom is 0.203 e. The smallest absolute Gasteiger partial charge is 0.203 e. The van der Waals surface area contributed by atoms with Gasteiger partial charge in [0.1, 0.15) is 0 Å². The van der Waals surface area contributed by atoms with Crippen LogP contribution in [0, 0.1) is 9.81 Å². The van der Waals surface area contributed by atoms with Gasteiger partial charge >= 0.3 is 0 Å². The molecule has 0 fully saturated rings. The average Bonchev–Trinajstić information content (AvgIpc) is 2.74. The zero-order valence-corrected chi connectivity index (χ0v) is 13.1. The Morgan fingerprint density at radius 2 is 2.20 bits per heavy atom. The normalized spacial score (nSPS) is 10.6. The van der Waals surface area contributed by atoms with Crippen molar-refractivity contribution >= 4 is 67.0 Å². The predicted octanol–water partition coefficient (Wildman–Crippen LogP) is 4.72. The SMILES string of the molecule is Cc1cc(C(=O)c2csc(I)c2)sc1Br. The summed E-state index contributed by atoms with van der Waals surface area (Å²) >= 11 is 8.75. The van der Waals surface area contributed by atoms with Gasteiger partial charge in [-0.1, -0.05) is 0 Å². The van der Waals surface area contributed by atoms with Crippen LogP contribution in [0.15, 0.2) is 21.3 Å². The first-order valence-corrected chi connectivity index (χ1v) is 7.69. The van der Waals surface area contributed by atoms with Crippen molar-refractivity contribution in [2.75, 3.05) is 0 Å². The molecule has 0 radical (unpaired) electrons. The number of halogens is 2. The molecule has 0 aliphatic heterocycles. The van der Waals surface area contributed by atoms with Crippen LogP contribution in [0.25, 0.3) is 0 Å². The molecule has 5 heteroatoms. The maximum absolute atomic E-state index is 12.0. The molecule has 0 spiro atoms. The quantitative estimate of drug-likeness (QED) is 0.515. The van der Waals surface area contributed by atoms with Crippen LogP contribution in [0.5, 0.6) is 0 Å². The van der Waals surface area contributed by atoms with E-state index in [1.165, 1.54) is 11.3 Å². The van der Waals surface area contributed by atoms with E-state index in [1.807, 2.05) is 24.4 Å². The Labute approximate surface area is 118 Å². The van der Waals surface area contributed by atoms with Crippen molar-refractivity contribution in [3.05, 3.63) is 40.2 Å². The Balaban J connectivity index is 2.36. The van der Waals surface area contributed by atoms with E-state index in [2.05, 4.69) is 38.5 Å². The number of thiophene rings is 2. The molecule has 0 saturated heterocycles. The first-order chi connectivity index (χ1) is 7.08. The number of rotatable bonds is 2. The molecule has 0 aliphatic carbocycles. The lowest BCUT2D eigenvalue weighted by Gasteiger charge is -1.91. The fourth-order valence-electron chi connectivity index (χ4n) is 1.14. The van der Waals surface area contributed by atoms with E-state index in [4.69, 9.17) is 0 Å². The fourth-order valence-corrected chi connectivity index (χ4v) is 3.97. The van der Waals surface area contributed by atoms with Crippen molar-refractivity contribution in [3.63, 3.8) is 0 Å². The Kier molecular flexibility index (Phi) is 3.64. The molecule has 0 aliphatic rings. The maximum atomic E-state index is 12.0. The van der Waals surface area contributed by atoms with Gasteiger partial charge in [-0.05, 0) is 63.1 Å². The predicted molar refractivity (Wildman–Crippen MR) is 77.2 cm³/mol. The van der Waals surface area contributed by atoms with Gasteiger partial charge in [0.2, 0.25) is 5.78 Å². The third-order valence-electron chi connectivity index (χ3n) is 1.91. The molecule has 78 valence electrons. The molecule has 0 amide bonds. The largest absolute Gasteiger partial charge is 0.288 e.